The van der Waals surface area contributed by atoms with Gasteiger partial charge in [0.1, 0.15) is 0 Å². The van der Waals surface area contributed by atoms with Gasteiger partial charge < -0.3 is 5.32 Å². The molecule has 0 aliphatic heterocycles. The number of allylic oxidation sites excluding steroid dienone is 6. The summed E-state index contributed by atoms with van der Waals surface area (Å²) in [6.07, 6.45) is 12.4. The summed E-state index contributed by atoms with van der Waals surface area (Å²) in [5.41, 5.74) is 7.85. The minimum absolute atomic E-state index is 0.107. The number of carbonyl (C=O) groups is 2. The van der Waals surface area contributed by atoms with Crippen LogP contribution >= 0.6 is 0 Å². The molecule has 29 heavy (non-hydrogen) atoms. The molecule has 1 aromatic rings. The van der Waals surface area contributed by atoms with E-state index in [0.717, 1.165) is 31.2 Å². The first kappa shape index (κ1) is 20.8. The molecule has 0 saturated carbocycles. The molecule has 3 rings (SSSR count). The summed E-state index contributed by atoms with van der Waals surface area (Å²) in [5.74, 6) is -0.106. The predicted molar refractivity (Wildman–Crippen MR) is 114 cm³/mol. The molecule has 2 aliphatic carbocycles. The van der Waals surface area contributed by atoms with Crippen molar-refractivity contribution in [1.29, 1.82) is 0 Å². The summed E-state index contributed by atoms with van der Waals surface area (Å²) >= 11 is 0. The first-order valence-electron chi connectivity index (χ1n) is 10.1. The van der Waals surface area contributed by atoms with Crippen LogP contribution in [0.1, 0.15) is 55.5 Å². The topological polar surface area (TPSA) is 78.4 Å². The van der Waals surface area contributed by atoms with Gasteiger partial charge in [-0.15, -0.1) is 0 Å². The number of nitrogens with one attached hydrogen (secondary N) is 2. The van der Waals surface area contributed by atoms with E-state index < -0.39 is 5.91 Å². The number of fused-ring (bicyclic) bond motifs is 1. The Morgan fingerprint density at radius 1 is 1.10 bits per heavy atom. The van der Waals surface area contributed by atoms with Crippen LogP contribution in [0, 0.1) is 5.92 Å². The van der Waals surface area contributed by atoms with Crippen molar-refractivity contribution in [2.24, 2.45) is 5.92 Å². The number of rotatable bonds is 6. The van der Waals surface area contributed by atoms with Crippen LogP contribution in [0.15, 0.2) is 65.3 Å². The van der Waals surface area contributed by atoms with Crippen molar-refractivity contribution in [3.8, 4) is 0 Å². The Hall–Kier alpha value is -2.92. The maximum Gasteiger partial charge on any atom is 0.267 e. The molecular formula is C24H28N2O3. The number of benzene rings is 1. The molecule has 0 heterocycles. The van der Waals surface area contributed by atoms with Crippen molar-refractivity contribution < 1.29 is 14.8 Å². The van der Waals surface area contributed by atoms with E-state index in [0.29, 0.717) is 23.6 Å². The van der Waals surface area contributed by atoms with Gasteiger partial charge in [0.25, 0.3) is 11.8 Å². The Bertz CT molecular complexity index is 905. The van der Waals surface area contributed by atoms with Crippen LogP contribution in [-0.2, 0) is 4.79 Å². The van der Waals surface area contributed by atoms with E-state index in [9.17, 15) is 9.59 Å². The molecule has 152 valence electrons. The third-order valence-corrected chi connectivity index (χ3v) is 5.53. The van der Waals surface area contributed by atoms with E-state index in [1.807, 2.05) is 0 Å². The summed E-state index contributed by atoms with van der Waals surface area (Å²) in [7, 11) is 0. The molecule has 0 spiro atoms. The Labute approximate surface area is 171 Å². The molecule has 1 aromatic carbocycles. The van der Waals surface area contributed by atoms with Crippen molar-refractivity contribution in [3.63, 3.8) is 0 Å². The SMILES string of the molecule is C/C(=C\C(=O)NO)c1ccc(C(=O)NCCC2=CCC(C)C3=CCCC=C23)cc1. The molecular weight excluding hydrogens is 364 g/mol. The number of hydrogen-bond acceptors (Lipinski definition) is 3. The van der Waals surface area contributed by atoms with Gasteiger partial charge in [0.15, 0.2) is 0 Å². The van der Waals surface area contributed by atoms with Crippen molar-refractivity contribution in [1.82, 2.24) is 10.8 Å². The second-order valence-corrected chi connectivity index (χ2v) is 7.61. The normalized spacial score (nSPS) is 18.8. The Morgan fingerprint density at radius 2 is 1.79 bits per heavy atom. The first-order valence-corrected chi connectivity index (χ1v) is 10.1. The fourth-order valence-corrected chi connectivity index (χ4v) is 3.88. The summed E-state index contributed by atoms with van der Waals surface area (Å²) in [6, 6.07) is 7.07. The average Bonchev–Trinajstić information content (AvgIpc) is 2.75. The van der Waals surface area contributed by atoms with Crippen LogP contribution in [0.3, 0.4) is 0 Å². The second kappa shape index (κ2) is 9.52. The van der Waals surface area contributed by atoms with Gasteiger partial charge in [0, 0.05) is 18.2 Å². The van der Waals surface area contributed by atoms with Gasteiger partial charge in [-0.05, 0) is 78.5 Å². The zero-order valence-electron chi connectivity index (χ0n) is 17.0. The molecule has 0 bridgehead atoms. The van der Waals surface area contributed by atoms with E-state index in [1.165, 1.54) is 22.8 Å². The largest absolute Gasteiger partial charge is 0.352 e. The van der Waals surface area contributed by atoms with Crippen molar-refractivity contribution in [2.75, 3.05) is 6.54 Å². The molecule has 0 saturated heterocycles. The van der Waals surface area contributed by atoms with Gasteiger partial charge in [-0.2, -0.15) is 0 Å². The van der Waals surface area contributed by atoms with E-state index in [-0.39, 0.29) is 5.91 Å². The van der Waals surface area contributed by atoms with Crippen LogP contribution in [0.25, 0.3) is 5.57 Å². The number of hydrogen-bond donors (Lipinski definition) is 3. The van der Waals surface area contributed by atoms with Crippen LogP contribution in [0.4, 0.5) is 0 Å². The van der Waals surface area contributed by atoms with Crippen molar-refractivity contribution >= 4 is 17.4 Å². The van der Waals surface area contributed by atoms with Gasteiger partial charge in [-0.3, -0.25) is 14.8 Å². The highest BCUT2D eigenvalue weighted by atomic mass is 16.5. The zero-order valence-corrected chi connectivity index (χ0v) is 17.0. The Kier molecular flexibility index (Phi) is 6.83. The molecule has 0 radical (unpaired) electrons. The molecule has 5 heteroatoms. The lowest BCUT2D eigenvalue weighted by molar-refractivity contribution is -0.124. The number of hydroxylamine groups is 1. The van der Waals surface area contributed by atoms with Gasteiger partial charge in [-0.25, -0.2) is 5.48 Å². The predicted octanol–water partition coefficient (Wildman–Crippen LogP) is 4.33. The minimum Gasteiger partial charge on any atom is -0.352 e. The van der Waals surface area contributed by atoms with Gasteiger partial charge >= 0.3 is 0 Å². The average molecular weight is 392 g/mol. The van der Waals surface area contributed by atoms with E-state index in [1.54, 1.807) is 36.7 Å². The van der Waals surface area contributed by atoms with Gasteiger partial charge in [0.05, 0.1) is 0 Å². The fourth-order valence-electron chi connectivity index (χ4n) is 3.88. The summed E-state index contributed by atoms with van der Waals surface area (Å²) in [4.78, 5) is 23.7. The maximum absolute atomic E-state index is 12.5. The highest BCUT2D eigenvalue weighted by Gasteiger charge is 2.22. The van der Waals surface area contributed by atoms with Crippen LogP contribution in [-0.4, -0.2) is 23.6 Å². The molecule has 2 amide bonds. The zero-order chi connectivity index (χ0) is 20.8. The standard InChI is InChI=1S/C24H28N2O3/c1-16-7-8-19(22-6-4-3-5-21(16)22)13-14-25-24(28)20-11-9-18(10-12-20)17(2)15-23(27)26-29/h5-6,8-12,15-16,29H,3-4,7,13-14H2,1-2H3,(H,25,28)(H,26,27)/b17-15+. The fraction of sp³-hybridized carbons (Fsp3) is 0.333. The number of amides is 2. The van der Waals surface area contributed by atoms with Crippen LogP contribution in [0.2, 0.25) is 0 Å². The third-order valence-electron chi connectivity index (χ3n) is 5.53. The van der Waals surface area contributed by atoms with E-state index in [4.69, 9.17) is 5.21 Å². The van der Waals surface area contributed by atoms with Crippen LogP contribution in [0.5, 0.6) is 0 Å². The molecule has 5 nitrogen and oxygen atoms in total. The van der Waals surface area contributed by atoms with Gasteiger partial charge in [-0.1, -0.05) is 37.3 Å². The first-order chi connectivity index (χ1) is 14.0. The van der Waals surface area contributed by atoms with Crippen molar-refractivity contribution in [2.45, 2.75) is 39.5 Å². The third kappa shape index (κ3) is 5.12. The summed E-state index contributed by atoms with van der Waals surface area (Å²) < 4.78 is 0. The van der Waals surface area contributed by atoms with E-state index in [2.05, 4.69) is 30.5 Å². The molecule has 2 aliphatic rings. The van der Waals surface area contributed by atoms with Crippen LogP contribution < -0.4 is 10.8 Å². The Morgan fingerprint density at radius 3 is 2.52 bits per heavy atom. The molecule has 0 fully saturated rings. The molecule has 3 N–H and O–H groups in total. The smallest absolute Gasteiger partial charge is 0.267 e. The van der Waals surface area contributed by atoms with Crippen molar-refractivity contribution in [3.05, 3.63) is 76.4 Å². The molecule has 1 atom stereocenters. The lowest BCUT2D eigenvalue weighted by Gasteiger charge is -2.28. The molecule has 0 aromatic heterocycles. The summed E-state index contributed by atoms with van der Waals surface area (Å²) in [6.45, 7) is 4.64. The Balaban J connectivity index is 1.56. The lowest BCUT2D eigenvalue weighted by atomic mass is 9.77. The van der Waals surface area contributed by atoms with E-state index >= 15 is 0 Å². The minimum atomic E-state index is -0.582. The van der Waals surface area contributed by atoms with Gasteiger partial charge in [0.2, 0.25) is 0 Å². The summed E-state index contributed by atoms with van der Waals surface area (Å²) in [5, 5.41) is 11.6. The lowest BCUT2D eigenvalue weighted by Crippen LogP contribution is -2.25. The number of carbonyl (C=O) groups excluding carboxylic acids is 2. The molecule has 1 unspecified atom stereocenters. The highest BCUT2D eigenvalue weighted by Crippen LogP contribution is 2.38. The monoisotopic (exact) mass is 392 g/mol. The second-order valence-electron chi connectivity index (χ2n) is 7.61. The quantitative estimate of drug-likeness (QED) is 0.383. The maximum atomic E-state index is 12.5. The highest BCUT2D eigenvalue weighted by molar-refractivity contribution is 5.96.